The minimum absolute atomic E-state index is 0. The van der Waals surface area contributed by atoms with Crippen molar-refractivity contribution in [3.05, 3.63) is 0 Å². The zero-order chi connectivity index (χ0) is 15.7. The Kier molecular flexibility index (Phi) is 13.1. The number of methoxy groups -OCH3 is 1. The van der Waals surface area contributed by atoms with E-state index in [1.54, 1.807) is 7.11 Å². The molecular formula is C17H35Cl2N3O2. The molecule has 0 bridgehead atoms. The summed E-state index contributed by atoms with van der Waals surface area (Å²) in [5, 5.41) is 6.49. The highest BCUT2D eigenvalue weighted by Gasteiger charge is 2.39. The van der Waals surface area contributed by atoms with E-state index in [9.17, 15) is 4.79 Å². The van der Waals surface area contributed by atoms with E-state index >= 15 is 0 Å². The highest BCUT2D eigenvalue weighted by Crippen LogP contribution is 2.29. The van der Waals surface area contributed by atoms with Crippen LogP contribution in [-0.4, -0.2) is 63.8 Å². The summed E-state index contributed by atoms with van der Waals surface area (Å²) in [4.78, 5) is 15.1. The molecule has 2 fully saturated rings. The van der Waals surface area contributed by atoms with Gasteiger partial charge in [-0.05, 0) is 64.8 Å². The predicted octanol–water partition coefficient (Wildman–Crippen LogP) is 2.23. The average Bonchev–Trinajstić information content (AvgIpc) is 2.81. The first-order valence-corrected chi connectivity index (χ1v) is 8.97. The second-order valence-electron chi connectivity index (χ2n) is 6.83. The number of amides is 1. The number of likely N-dealkylation sites (tertiary alicyclic amines) is 1. The van der Waals surface area contributed by atoms with Crippen LogP contribution in [0.15, 0.2) is 0 Å². The van der Waals surface area contributed by atoms with Crippen molar-refractivity contribution in [2.75, 3.05) is 53.0 Å². The number of piperidine rings is 1. The van der Waals surface area contributed by atoms with E-state index in [4.69, 9.17) is 4.74 Å². The lowest BCUT2D eigenvalue weighted by Gasteiger charge is -2.35. The van der Waals surface area contributed by atoms with E-state index in [0.29, 0.717) is 6.61 Å². The minimum atomic E-state index is -0.317. The van der Waals surface area contributed by atoms with Crippen LogP contribution in [0.4, 0.5) is 0 Å². The molecule has 24 heavy (non-hydrogen) atoms. The molecule has 1 amide bonds. The fourth-order valence-electron chi connectivity index (χ4n) is 3.67. The Balaban J connectivity index is 0.00000264. The van der Waals surface area contributed by atoms with E-state index in [2.05, 4.69) is 15.5 Å². The van der Waals surface area contributed by atoms with Gasteiger partial charge in [0.1, 0.15) is 0 Å². The second kappa shape index (κ2) is 13.2. The third-order valence-electron chi connectivity index (χ3n) is 5.10. The second-order valence-corrected chi connectivity index (χ2v) is 6.83. The fourth-order valence-corrected chi connectivity index (χ4v) is 3.67. The molecule has 0 saturated carbocycles. The molecule has 2 rings (SSSR count). The number of nitrogens with one attached hydrogen (secondary N) is 2. The fraction of sp³-hybridized carbons (Fsp3) is 0.941. The molecule has 2 aliphatic heterocycles. The van der Waals surface area contributed by atoms with Crippen molar-refractivity contribution in [2.24, 2.45) is 5.41 Å². The maximum Gasteiger partial charge on any atom is 0.228 e. The third-order valence-corrected chi connectivity index (χ3v) is 5.10. The van der Waals surface area contributed by atoms with Crippen molar-refractivity contribution in [2.45, 2.75) is 44.9 Å². The predicted molar refractivity (Wildman–Crippen MR) is 103 cm³/mol. The van der Waals surface area contributed by atoms with Gasteiger partial charge in [0.2, 0.25) is 5.91 Å². The number of ether oxygens (including phenoxy) is 1. The first-order valence-electron chi connectivity index (χ1n) is 8.97. The standard InChI is InChI=1S/C17H33N3O2.2ClH/c1-22-15-17(7-10-18-11-8-17)16(21)19-9-6-14-20-12-4-2-3-5-13-20;;/h18H,2-15H2,1H3,(H,19,21);2*1H. The topological polar surface area (TPSA) is 53.6 Å². The molecule has 2 N–H and O–H groups in total. The van der Waals surface area contributed by atoms with Crippen molar-refractivity contribution >= 4 is 30.7 Å². The van der Waals surface area contributed by atoms with Crippen LogP contribution >= 0.6 is 24.8 Å². The van der Waals surface area contributed by atoms with Crippen LogP contribution in [0, 0.1) is 5.41 Å². The monoisotopic (exact) mass is 383 g/mol. The van der Waals surface area contributed by atoms with Gasteiger partial charge in [0.15, 0.2) is 0 Å². The smallest absolute Gasteiger partial charge is 0.228 e. The molecule has 0 aromatic carbocycles. The van der Waals surface area contributed by atoms with Crippen LogP contribution in [0.25, 0.3) is 0 Å². The molecule has 0 radical (unpaired) electrons. The Bertz CT molecular complexity index is 326. The zero-order valence-electron chi connectivity index (χ0n) is 15.0. The van der Waals surface area contributed by atoms with Gasteiger partial charge in [0.05, 0.1) is 12.0 Å². The molecule has 0 atom stereocenters. The summed E-state index contributed by atoms with van der Waals surface area (Å²) in [6, 6.07) is 0. The highest BCUT2D eigenvalue weighted by molar-refractivity contribution is 5.85. The lowest BCUT2D eigenvalue weighted by Crippen LogP contribution is -2.50. The molecular weight excluding hydrogens is 349 g/mol. The van der Waals surface area contributed by atoms with E-state index in [1.165, 1.54) is 38.8 Å². The van der Waals surface area contributed by atoms with Crippen LogP contribution in [-0.2, 0) is 9.53 Å². The first-order chi connectivity index (χ1) is 10.8. The van der Waals surface area contributed by atoms with Crippen molar-refractivity contribution in [3.8, 4) is 0 Å². The summed E-state index contributed by atoms with van der Waals surface area (Å²) >= 11 is 0. The lowest BCUT2D eigenvalue weighted by molar-refractivity contribution is -0.136. The molecule has 0 unspecified atom stereocenters. The maximum atomic E-state index is 12.6. The number of carbonyl (C=O) groups is 1. The van der Waals surface area contributed by atoms with E-state index in [-0.39, 0.29) is 36.1 Å². The molecule has 7 heteroatoms. The maximum absolute atomic E-state index is 12.6. The molecule has 0 spiro atoms. The van der Waals surface area contributed by atoms with Gasteiger partial charge in [-0.1, -0.05) is 12.8 Å². The van der Waals surface area contributed by atoms with Gasteiger partial charge >= 0.3 is 0 Å². The molecule has 0 aliphatic carbocycles. The van der Waals surface area contributed by atoms with Crippen molar-refractivity contribution in [3.63, 3.8) is 0 Å². The minimum Gasteiger partial charge on any atom is -0.384 e. The van der Waals surface area contributed by atoms with Gasteiger partial charge in [-0.15, -0.1) is 24.8 Å². The molecule has 2 heterocycles. The molecule has 5 nitrogen and oxygen atoms in total. The number of carbonyl (C=O) groups excluding carboxylic acids is 1. The van der Waals surface area contributed by atoms with Gasteiger partial charge in [-0.25, -0.2) is 0 Å². The summed E-state index contributed by atoms with van der Waals surface area (Å²) in [7, 11) is 1.69. The highest BCUT2D eigenvalue weighted by atomic mass is 35.5. The molecule has 0 aromatic heterocycles. The van der Waals surface area contributed by atoms with Crippen LogP contribution in [0.2, 0.25) is 0 Å². The average molecular weight is 384 g/mol. The molecule has 2 saturated heterocycles. The van der Waals surface area contributed by atoms with Crippen LogP contribution < -0.4 is 10.6 Å². The first kappa shape index (κ1) is 23.9. The number of hydrogen-bond acceptors (Lipinski definition) is 4. The number of halogens is 2. The number of hydrogen-bond donors (Lipinski definition) is 2. The molecule has 144 valence electrons. The Morgan fingerprint density at radius 1 is 1.12 bits per heavy atom. The van der Waals surface area contributed by atoms with Gasteiger partial charge < -0.3 is 20.3 Å². The Morgan fingerprint density at radius 3 is 2.33 bits per heavy atom. The van der Waals surface area contributed by atoms with Crippen LogP contribution in [0.3, 0.4) is 0 Å². The quantitative estimate of drug-likeness (QED) is 0.661. The Labute approximate surface area is 159 Å². The largest absolute Gasteiger partial charge is 0.384 e. The zero-order valence-corrected chi connectivity index (χ0v) is 16.6. The Hall–Kier alpha value is -0.0700. The third kappa shape index (κ3) is 7.44. The SMILES string of the molecule is COCC1(C(=O)NCCCN2CCCCCC2)CCNCC1.Cl.Cl. The number of rotatable bonds is 7. The summed E-state index contributed by atoms with van der Waals surface area (Å²) < 4.78 is 5.32. The van der Waals surface area contributed by atoms with Gasteiger partial charge in [-0.3, -0.25) is 4.79 Å². The van der Waals surface area contributed by atoms with E-state index < -0.39 is 0 Å². The van der Waals surface area contributed by atoms with Crippen LogP contribution in [0.5, 0.6) is 0 Å². The van der Waals surface area contributed by atoms with E-state index in [1.807, 2.05) is 0 Å². The van der Waals surface area contributed by atoms with Gasteiger partial charge in [-0.2, -0.15) is 0 Å². The molecule has 0 aromatic rings. The summed E-state index contributed by atoms with van der Waals surface area (Å²) in [6.45, 7) is 6.70. The normalized spacial score (nSPS) is 21.0. The van der Waals surface area contributed by atoms with E-state index in [0.717, 1.165) is 45.4 Å². The van der Waals surface area contributed by atoms with Crippen molar-refractivity contribution in [1.29, 1.82) is 0 Å². The van der Waals surface area contributed by atoms with Crippen molar-refractivity contribution < 1.29 is 9.53 Å². The Morgan fingerprint density at radius 2 is 1.75 bits per heavy atom. The summed E-state index contributed by atoms with van der Waals surface area (Å²) in [5.74, 6) is 0.187. The van der Waals surface area contributed by atoms with Gasteiger partial charge in [0.25, 0.3) is 0 Å². The van der Waals surface area contributed by atoms with Gasteiger partial charge in [0, 0.05) is 13.7 Å². The summed E-state index contributed by atoms with van der Waals surface area (Å²) in [6.07, 6.45) is 8.21. The summed E-state index contributed by atoms with van der Waals surface area (Å²) in [5.41, 5.74) is -0.317. The number of nitrogens with zero attached hydrogens (tertiary/aromatic N) is 1. The van der Waals surface area contributed by atoms with Crippen molar-refractivity contribution in [1.82, 2.24) is 15.5 Å². The molecule has 2 aliphatic rings. The van der Waals surface area contributed by atoms with Crippen LogP contribution in [0.1, 0.15) is 44.9 Å². The lowest BCUT2D eigenvalue weighted by atomic mass is 9.78.